The lowest BCUT2D eigenvalue weighted by Crippen LogP contribution is -2.32. The van der Waals surface area contributed by atoms with Crippen molar-refractivity contribution < 1.29 is 4.79 Å². The number of carbonyl (C=O) groups excluding carboxylic acids is 1. The molecular weight excluding hydrogens is 428 g/mol. The zero-order valence-electron chi connectivity index (χ0n) is 18.5. The van der Waals surface area contributed by atoms with Gasteiger partial charge in [0.05, 0.1) is 17.9 Å². The van der Waals surface area contributed by atoms with E-state index in [9.17, 15) is 9.59 Å². The molecule has 1 amide bonds. The number of fused-ring (bicyclic) bond motifs is 1. The van der Waals surface area contributed by atoms with Gasteiger partial charge in [0.2, 0.25) is 5.56 Å². The monoisotopic (exact) mass is 452 g/mol. The van der Waals surface area contributed by atoms with Gasteiger partial charge in [-0.15, -0.1) is 0 Å². The van der Waals surface area contributed by atoms with Gasteiger partial charge >= 0.3 is 0 Å². The molecule has 0 aliphatic carbocycles. The number of H-pyrrole nitrogens is 1. The minimum atomic E-state index is -0.134. The van der Waals surface area contributed by atoms with Gasteiger partial charge in [-0.3, -0.25) is 19.6 Å². The summed E-state index contributed by atoms with van der Waals surface area (Å²) < 4.78 is 0. The lowest BCUT2D eigenvalue weighted by atomic mass is 10.1. The number of aromatic amines is 1. The number of benzene rings is 1. The number of nitrogens with zero attached hydrogens (tertiary/aromatic N) is 3. The third-order valence-corrected chi connectivity index (χ3v) is 5.70. The summed E-state index contributed by atoms with van der Waals surface area (Å²) in [6.07, 6.45) is 9.89. The molecule has 0 unspecified atom stereocenters. The molecule has 2 aliphatic rings. The predicted molar refractivity (Wildman–Crippen MR) is 132 cm³/mol. The normalized spacial score (nSPS) is 14.6. The summed E-state index contributed by atoms with van der Waals surface area (Å²) in [5.74, 6) is 0.735. The van der Waals surface area contributed by atoms with Crippen molar-refractivity contribution in [3.8, 4) is 0 Å². The predicted octanol–water partition coefficient (Wildman–Crippen LogP) is 2.81. The van der Waals surface area contributed by atoms with E-state index in [2.05, 4.69) is 30.5 Å². The number of carbonyl (C=O) groups is 1. The van der Waals surface area contributed by atoms with E-state index in [4.69, 9.17) is 0 Å². The van der Waals surface area contributed by atoms with E-state index in [0.29, 0.717) is 18.7 Å². The van der Waals surface area contributed by atoms with Crippen LogP contribution in [0, 0.1) is 0 Å². The summed E-state index contributed by atoms with van der Waals surface area (Å²) in [4.78, 5) is 37.7. The Morgan fingerprint density at radius 3 is 2.79 bits per heavy atom. The second-order valence-corrected chi connectivity index (χ2v) is 8.00. The molecule has 4 heterocycles. The van der Waals surface area contributed by atoms with Crippen LogP contribution < -0.4 is 16.2 Å². The number of rotatable bonds is 7. The number of aliphatic imine (C=N–C) groups is 1. The molecule has 0 spiro atoms. The number of anilines is 1. The van der Waals surface area contributed by atoms with Crippen molar-refractivity contribution in [3.05, 3.63) is 112 Å². The zero-order valence-corrected chi connectivity index (χ0v) is 18.5. The van der Waals surface area contributed by atoms with Gasteiger partial charge in [0, 0.05) is 54.6 Å². The number of pyridine rings is 2. The molecule has 0 atom stereocenters. The average molecular weight is 453 g/mol. The molecule has 170 valence electrons. The van der Waals surface area contributed by atoms with Crippen molar-refractivity contribution >= 4 is 23.1 Å². The third kappa shape index (κ3) is 4.66. The summed E-state index contributed by atoms with van der Waals surface area (Å²) in [7, 11) is 0. The van der Waals surface area contributed by atoms with Gasteiger partial charge in [-0.05, 0) is 60.5 Å². The van der Waals surface area contributed by atoms with Crippen LogP contribution in [0.5, 0.6) is 0 Å². The van der Waals surface area contributed by atoms with Crippen molar-refractivity contribution in [2.24, 2.45) is 4.99 Å². The van der Waals surface area contributed by atoms with Gasteiger partial charge < -0.3 is 20.5 Å². The third-order valence-electron chi connectivity index (χ3n) is 5.70. The molecule has 2 aromatic heterocycles. The highest BCUT2D eigenvalue weighted by atomic mass is 16.1. The minimum Gasteiger partial charge on any atom is -0.353 e. The summed E-state index contributed by atoms with van der Waals surface area (Å²) >= 11 is 0. The van der Waals surface area contributed by atoms with Gasteiger partial charge in [-0.2, -0.15) is 0 Å². The molecule has 0 bridgehead atoms. The van der Waals surface area contributed by atoms with E-state index in [1.54, 1.807) is 36.8 Å². The van der Waals surface area contributed by atoms with Crippen LogP contribution in [0.1, 0.15) is 21.5 Å². The lowest BCUT2D eigenvalue weighted by molar-refractivity contribution is 0.0954. The first-order valence-electron chi connectivity index (χ1n) is 11.1. The maximum absolute atomic E-state index is 12.5. The number of nitrogens with one attached hydrogen (secondary N) is 3. The molecule has 2 aliphatic heterocycles. The number of hydrogen-bond donors (Lipinski definition) is 3. The van der Waals surface area contributed by atoms with Crippen LogP contribution in [0.25, 0.3) is 5.70 Å². The van der Waals surface area contributed by atoms with E-state index < -0.39 is 0 Å². The van der Waals surface area contributed by atoms with Crippen LogP contribution in [-0.4, -0.2) is 46.2 Å². The Morgan fingerprint density at radius 2 is 2.00 bits per heavy atom. The Bertz CT molecular complexity index is 1340. The van der Waals surface area contributed by atoms with Crippen molar-refractivity contribution in [2.75, 3.05) is 25.0 Å². The van der Waals surface area contributed by atoms with Crippen molar-refractivity contribution in [1.29, 1.82) is 0 Å². The summed E-state index contributed by atoms with van der Waals surface area (Å²) in [6.45, 7) is 1.99. The molecule has 8 nitrogen and oxygen atoms in total. The topological polar surface area (TPSA) is 102 Å². The van der Waals surface area contributed by atoms with Crippen LogP contribution in [0.4, 0.5) is 5.69 Å². The van der Waals surface area contributed by atoms with Crippen LogP contribution >= 0.6 is 0 Å². The Hall–Kier alpha value is -4.46. The first kappa shape index (κ1) is 21.4. The van der Waals surface area contributed by atoms with Crippen molar-refractivity contribution in [2.45, 2.75) is 6.42 Å². The summed E-state index contributed by atoms with van der Waals surface area (Å²) in [6, 6.07) is 14.7. The Labute approximate surface area is 196 Å². The van der Waals surface area contributed by atoms with E-state index >= 15 is 0 Å². The van der Waals surface area contributed by atoms with Crippen molar-refractivity contribution in [3.63, 3.8) is 0 Å². The molecule has 0 fully saturated rings. The fourth-order valence-corrected chi connectivity index (χ4v) is 4.02. The number of amides is 1. The van der Waals surface area contributed by atoms with Crippen LogP contribution in [0.3, 0.4) is 0 Å². The fraction of sp³-hybridized carbons (Fsp3) is 0.154. The number of aromatic nitrogens is 2. The molecule has 34 heavy (non-hydrogen) atoms. The quantitative estimate of drug-likeness (QED) is 0.512. The SMILES string of the molecule is O=C(NCCc1cccnc1)c1ccc(NC2=CC=C(c3cc[nH]c(=O)c3)N3CCN=C23)cc1. The molecule has 0 saturated heterocycles. The van der Waals surface area contributed by atoms with Gasteiger partial charge in [0.15, 0.2) is 5.84 Å². The molecule has 5 rings (SSSR count). The van der Waals surface area contributed by atoms with Gasteiger partial charge in [0.25, 0.3) is 5.91 Å². The first-order valence-corrected chi connectivity index (χ1v) is 11.1. The Kier molecular flexibility index (Phi) is 6.03. The highest BCUT2D eigenvalue weighted by molar-refractivity contribution is 6.08. The lowest BCUT2D eigenvalue weighted by Gasteiger charge is -2.28. The average Bonchev–Trinajstić information content (AvgIpc) is 3.36. The molecule has 8 heteroatoms. The summed E-state index contributed by atoms with van der Waals surface area (Å²) in [5, 5.41) is 6.35. The maximum atomic E-state index is 12.5. The van der Waals surface area contributed by atoms with E-state index in [0.717, 1.165) is 47.0 Å². The Balaban J connectivity index is 1.24. The molecule has 3 aromatic rings. The van der Waals surface area contributed by atoms with Gasteiger partial charge in [-0.1, -0.05) is 6.07 Å². The molecule has 0 saturated carbocycles. The van der Waals surface area contributed by atoms with Crippen LogP contribution in [-0.2, 0) is 6.42 Å². The largest absolute Gasteiger partial charge is 0.353 e. The second kappa shape index (κ2) is 9.58. The highest BCUT2D eigenvalue weighted by Crippen LogP contribution is 2.28. The maximum Gasteiger partial charge on any atom is 0.251 e. The smallest absolute Gasteiger partial charge is 0.251 e. The van der Waals surface area contributed by atoms with Crippen LogP contribution in [0.15, 0.2) is 94.8 Å². The molecule has 3 N–H and O–H groups in total. The standard InChI is InChI=1S/C26H24N6O2/c33-24-16-20(10-13-28-24)23-8-7-22(25-29-14-15-32(23)25)31-21-5-3-19(4-6-21)26(34)30-12-9-18-2-1-11-27-17-18/h1-8,10-11,13,16-17,31H,9,12,14-15H2,(H,28,33)(H,30,34). The van der Waals surface area contributed by atoms with Crippen molar-refractivity contribution in [1.82, 2.24) is 20.2 Å². The number of allylic oxidation sites excluding steroid dienone is 2. The molecular formula is C26H24N6O2. The number of amidine groups is 1. The van der Waals surface area contributed by atoms with E-state index in [-0.39, 0.29) is 11.5 Å². The first-order chi connectivity index (χ1) is 16.7. The zero-order chi connectivity index (χ0) is 23.3. The number of hydrogen-bond acceptors (Lipinski definition) is 6. The fourth-order valence-electron chi connectivity index (χ4n) is 4.02. The second-order valence-electron chi connectivity index (χ2n) is 8.00. The molecule has 1 aromatic carbocycles. The highest BCUT2D eigenvalue weighted by Gasteiger charge is 2.27. The van der Waals surface area contributed by atoms with Gasteiger partial charge in [-0.25, -0.2) is 0 Å². The molecule has 0 radical (unpaired) electrons. The Morgan fingerprint density at radius 1 is 1.12 bits per heavy atom. The van der Waals surface area contributed by atoms with E-state index in [1.165, 1.54) is 0 Å². The van der Waals surface area contributed by atoms with E-state index in [1.807, 2.05) is 42.5 Å². The summed E-state index contributed by atoms with van der Waals surface area (Å²) in [5.41, 5.74) is 5.10. The van der Waals surface area contributed by atoms with Gasteiger partial charge in [0.1, 0.15) is 0 Å². The minimum absolute atomic E-state index is 0.107. The van der Waals surface area contributed by atoms with Crippen LogP contribution in [0.2, 0.25) is 0 Å².